The molecule has 17 heavy (non-hydrogen) atoms. The van der Waals surface area contributed by atoms with Gasteiger partial charge in [0.25, 0.3) is 0 Å². The quantitative estimate of drug-likeness (QED) is 0.929. The van der Waals surface area contributed by atoms with E-state index in [1.54, 1.807) is 6.20 Å². The second-order valence-electron chi connectivity index (χ2n) is 3.70. The molecule has 2 rings (SSSR count). The van der Waals surface area contributed by atoms with Gasteiger partial charge in [-0.2, -0.15) is 0 Å². The van der Waals surface area contributed by atoms with Gasteiger partial charge < -0.3 is 5.32 Å². The van der Waals surface area contributed by atoms with E-state index in [1.807, 2.05) is 36.4 Å². The van der Waals surface area contributed by atoms with Crippen molar-refractivity contribution >= 4 is 27.5 Å². The zero-order chi connectivity index (χ0) is 12.1. The van der Waals surface area contributed by atoms with Crippen LogP contribution in [0, 0.1) is 0 Å². The number of halogens is 2. The van der Waals surface area contributed by atoms with Gasteiger partial charge in [-0.1, -0.05) is 23.7 Å². The maximum atomic E-state index is 5.82. The predicted octanol–water partition coefficient (Wildman–Crippen LogP) is 3.79. The lowest BCUT2D eigenvalue weighted by atomic mass is 10.2. The number of nitrogens with zero attached hydrogens (tertiary/aromatic N) is 1. The zero-order valence-electron chi connectivity index (χ0n) is 9.16. The number of nitrogens with one attached hydrogen (secondary N) is 1. The topological polar surface area (TPSA) is 24.9 Å². The van der Waals surface area contributed by atoms with E-state index < -0.39 is 0 Å². The highest BCUT2D eigenvalue weighted by molar-refractivity contribution is 9.10. The zero-order valence-corrected chi connectivity index (χ0v) is 11.5. The largest absolute Gasteiger partial charge is 0.307 e. The molecule has 0 unspecified atom stereocenters. The Balaban J connectivity index is 1.83. The first-order valence-electron chi connectivity index (χ1n) is 5.29. The molecule has 0 fully saturated rings. The summed E-state index contributed by atoms with van der Waals surface area (Å²) < 4.78 is 0.999. The molecule has 0 amide bonds. The van der Waals surface area contributed by atoms with Crippen LogP contribution < -0.4 is 5.32 Å². The van der Waals surface area contributed by atoms with Crippen molar-refractivity contribution in [3.8, 4) is 0 Å². The van der Waals surface area contributed by atoms with Crippen molar-refractivity contribution in [3.63, 3.8) is 0 Å². The molecule has 1 aromatic heterocycles. The Kier molecular flexibility index (Phi) is 4.54. The van der Waals surface area contributed by atoms with Crippen LogP contribution in [0.15, 0.2) is 47.1 Å². The summed E-state index contributed by atoms with van der Waals surface area (Å²) in [6.07, 6.45) is 1.80. The summed E-state index contributed by atoms with van der Waals surface area (Å²) in [7, 11) is 0. The lowest BCUT2D eigenvalue weighted by Gasteiger charge is -2.04. The highest BCUT2D eigenvalue weighted by atomic mass is 79.9. The van der Waals surface area contributed by atoms with Crippen LogP contribution in [0.5, 0.6) is 0 Å². The Morgan fingerprint density at radius 1 is 1.06 bits per heavy atom. The normalized spacial score (nSPS) is 10.5. The van der Waals surface area contributed by atoms with E-state index in [0.29, 0.717) is 0 Å². The fourth-order valence-corrected chi connectivity index (χ4v) is 1.81. The number of rotatable bonds is 4. The van der Waals surface area contributed by atoms with Crippen molar-refractivity contribution in [2.24, 2.45) is 0 Å². The van der Waals surface area contributed by atoms with Crippen LogP contribution in [0.2, 0.25) is 5.02 Å². The highest BCUT2D eigenvalue weighted by Gasteiger charge is 1.96. The second kappa shape index (κ2) is 6.15. The highest BCUT2D eigenvalue weighted by Crippen LogP contribution is 2.10. The lowest BCUT2D eigenvalue weighted by molar-refractivity contribution is 0.679. The van der Waals surface area contributed by atoms with E-state index in [4.69, 9.17) is 11.6 Å². The first kappa shape index (κ1) is 12.6. The summed E-state index contributed by atoms with van der Waals surface area (Å²) in [5.74, 6) is 0. The summed E-state index contributed by atoms with van der Waals surface area (Å²) >= 11 is 9.18. The van der Waals surface area contributed by atoms with Crippen LogP contribution in [0.25, 0.3) is 0 Å². The summed E-state index contributed by atoms with van der Waals surface area (Å²) in [4.78, 5) is 4.29. The van der Waals surface area contributed by atoms with E-state index in [0.717, 1.165) is 28.3 Å². The van der Waals surface area contributed by atoms with Gasteiger partial charge in [-0.3, -0.25) is 4.98 Å². The van der Waals surface area contributed by atoms with E-state index in [1.165, 1.54) is 5.56 Å². The first-order chi connectivity index (χ1) is 8.24. The summed E-state index contributed by atoms with van der Waals surface area (Å²) in [5, 5.41) is 4.10. The average Bonchev–Trinajstić information content (AvgIpc) is 2.34. The lowest BCUT2D eigenvalue weighted by Crippen LogP contribution is -2.13. The third-order valence-corrected chi connectivity index (χ3v) is 3.06. The Labute approximate surface area is 114 Å². The molecule has 0 saturated heterocycles. The molecule has 1 heterocycles. The van der Waals surface area contributed by atoms with Crippen LogP contribution in [0.3, 0.4) is 0 Å². The SMILES string of the molecule is Clc1ccc(CNCc2ccc(Br)cn2)cc1. The minimum absolute atomic E-state index is 0.760. The van der Waals surface area contributed by atoms with Crippen molar-refractivity contribution in [3.05, 3.63) is 63.3 Å². The third-order valence-electron chi connectivity index (χ3n) is 2.34. The molecule has 4 heteroatoms. The molecule has 0 saturated carbocycles. The maximum absolute atomic E-state index is 5.82. The average molecular weight is 312 g/mol. The van der Waals surface area contributed by atoms with Crippen LogP contribution in [-0.4, -0.2) is 4.98 Å². The Hall–Kier alpha value is -0.900. The minimum Gasteiger partial charge on any atom is -0.307 e. The summed E-state index contributed by atoms with van der Waals surface area (Å²) in [6, 6.07) is 11.8. The molecule has 0 atom stereocenters. The minimum atomic E-state index is 0.760. The van der Waals surface area contributed by atoms with Gasteiger partial charge in [0, 0.05) is 28.8 Å². The molecule has 2 aromatic rings. The maximum Gasteiger partial charge on any atom is 0.0542 e. The summed E-state index contributed by atoms with van der Waals surface area (Å²) in [5.41, 5.74) is 2.24. The van der Waals surface area contributed by atoms with Crippen LogP contribution >= 0.6 is 27.5 Å². The van der Waals surface area contributed by atoms with Gasteiger partial charge in [0.2, 0.25) is 0 Å². The molecule has 2 nitrogen and oxygen atoms in total. The number of hydrogen-bond donors (Lipinski definition) is 1. The predicted molar refractivity (Wildman–Crippen MR) is 73.9 cm³/mol. The number of hydrogen-bond acceptors (Lipinski definition) is 2. The molecule has 0 aliphatic carbocycles. The third kappa shape index (κ3) is 4.11. The van der Waals surface area contributed by atoms with Gasteiger partial charge in [-0.15, -0.1) is 0 Å². The van der Waals surface area contributed by atoms with Crippen molar-refractivity contribution < 1.29 is 0 Å². The fraction of sp³-hybridized carbons (Fsp3) is 0.154. The smallest absolute Gasteiger partial charge is 0.0542 e. The van der Waals surface area contributed by atoms with Crippen LogP contribution in [0.4, 0.5) is 0 Å². The van der Waals surface area contributed by atoms with Gasteiger partial charge in [0.05, 0.1) is 5.69 Å². The van der Waals surface area contributed by atoms with Crippen molar-refractivity contribution in [2.75, 3.05) is 0 Å². The number of aromatic nitrogens is 1. The molecule has 0 aliphatic rings. The number of pyridine rings is 1. The number of benzene rings is 1. The van der Waals surface area contributed by atoms with Crippen molar-refractivity contribution in [1.29, 1.82) is 0 Å². The Morgan fingerprint density at radius 3 is 2.47 bits per heavy atom. The fourth-order valence-electron chi connectivity index (χ4n) is 1.45. The van der Waals surface area contributed by atoms with E-state index in [-0.39, 0.29) is 0 Å². The van der Waals surface area contributed by atoms with Gasteiger partial charge in [-0.25, -0.2) is 0 Å². The molecule has 1 N–H and O–H groups in total. The molecule has 0 radical (unpaired) electrons. The molecular formula is C13H12BrClN2. The molecule has 0 aliphatic heterocycles. The molecular weight excluding hydrogens is 300 g/mol. The van der Waals surface area contributed by atoms with Gasteiger partial charge in [0.1, 0.15) is 0 Å². The van der Waals surface area contributed by atoms with Gasteiger partial charge in [0.15, 0.2) is 0 Å². The van der Waals surface area contributed by atoms with Gasteiger partial charge in [-0.05, 0) is 45.8 Å². The monoisotopic (exact) mass is 310 g/mol. The Bertz CT molecular complexity index is 422. The van der Waals surface area contributed by atoms with Crippen LogP contribution in [-0.2, 0) is 13.1 Å². The molecule has 0 bridgehead atoms. The summed E-state index contributed by atoms with van der Waals surface area (Å²) in [6.45, 7) is 1.57. The van der Waals surface area contributed by atoms with Crippen molar-refractivity contribution in [2.45, 2.75) is 13.1 Å². The van der Waals surface area contributed by atoms with E-state index in [2.05, 4.69) is 26.2 Å². The molecule has 0 spiro atoms. The van der Waals surface area contributed by atoms with E-state index in [9.17, 15) is 0 Å². The van der Waals surface area contributed by atoms with Crippen LogP contribution in [0.1, 0.15) is 11.3 Å². The standard InChI is InChI=1S/C13H12BrClN2/c14-11-3-6-13(17-8-11)9-16-7-10-1-4-12(15)5-2-10/h1-6,8,16H,7,9H2. The van der Waals surface area contributed by atoms with Crippen molar-refractivity contribution in [1.82, 2.24) is 10.3 Å². The molecule has 88 valence electrons. The van der Waals surface area contributed by atoms with Gasteiger partial charge >= 0.3 is 0 Å². The molecule has 1 aromatic carbocycles. The Morgan fingerprint density at radius 2 is 1.82 bits per heavy atom. The first-order valence-corrected chi connectivity index (χ1v) is 6.47. The second-order valence-corrected chi connectivity index (χ2v) is 5.05. The van der Waals surface area contributed by atoms with E-state index >= 15 is 0 Å².